The number of hydrogen-bond acceptors (Lipinski definition) is 15. The fraction of sp³-hybridized carbons (Fsp3) is 0.388. The van der Waals surface area contributed by atoms with Gasteiger partial charge in [0.05, 0.1) is 29.7 Å². The Morgan fingerprint density at radius 1 is 0.699 bits per heavy atom. The fourth-order valence-electron chi connectivity index (χ4n) is 9.52. The molecule has 2 saturated heterocycles. The summed E-state index contributed by atoms with van der Waals surface area (Å²) in [6.45, 7) is 8.78. The largest absolute Gasteiger partial charge is 0.423 e. The molecule has 1 saturated carbocycles. The van der Waals surface area contributed by atoms with E-state index < -0.39 is 12.7 Å². The number of hydrogen-bond donors (Lipinski definition) is 5. The van der Waals surface area contributed by atoms with E-state index in [0.29, 0.717) is 108 Å². The van der Waals surface area contributed by atoms with Crippen molar-refractivity contribution in [1.82, 2.24) is 59.7 Å². The van der Waals surface area contributed by atoms with Crippen LogP contribution in [0.4, 0.5) is 48.1 Å². The molecule has 11 rings (SSSR count). The number of methoxy groups -OCH3 is 1. The third-order valence-corrected chi connectivity index (χ3v) is 14.0. The van der Waals surface area contributed by atoms with Crippen molar-refractivity contribution in [3.8, 4) is 23.5 Å². The van der Waals surface area contributed by atoms with Gasteiger partial charge in [0, 0.05) is 128 Å². The van der Waals surface area contributed by atoms with Crippen molar-refractivity contribution in [2.24, 2.45) is 0 Å². The second kappa shape index (κ2) is 19.9. The van der Waals surface area contributed by atoms with Crippen molar-refractivity contribution in [2.45, 2.75) is 51.9 Å². The molecule has 1 unspecified atom stereocenters. The van der Waals surface area contributed by atoms with Crippen molar-refractivity contribution < 1.29 is 27.4 Å². The highest BCUT2D eigenvalue weighted by atomic mass is 35.5. The number of nitrogens with zero attached hydrogens (tertiary/aromatic N) is 11. The second-order valence-corrected chi connectivity index (χ2v) is 19.5. The van der Waals surface area contributed by atoms with Crippen molar-refractivity contribution in [2.75, 3.05) is 93.1 Å². The number of halogens is 5. The summed E-state index contributed by atoms with van der Waals surface area (Å²) in [5.74, 6) is 4.30. The summed E-state index contributed by atoms with van der Waals surface area (Å²) in [7, 11) is 1.68. The first-order valence-corrected chi connectivity index (χ1v) is 24.8. The SMILES string of the molecule is COCCN1CCN(c2cc(Nc3cc(C4CC4)[nH]n3)nc(Oc3ccc4[nH]c(C)cc4c3Cl)n2)CC1n1nc(Nc2cc(N3CCN(CC(F)(F)F)CC3)nc(Oc3ccc4[nH]c(C)cc4c3Cl)n2)cc1C. The Labute approximate surface area is 427 Å². The molecule has 0 bridgehead atoms. The van der Waals surface area contributed by atoms with Crippen LogP contribution in [-0.4, -0.2) is 138 Å². The van der Waals surface area contributed by atoms with Gasteiger partial charge in [0.1, 0.15) is 40.9 Å². The number of H-pyrrole nitrogens is 3. The van der Waals surface area contributed by atoms with E-state index in [2.05, 4.69) is 40.6 Å². The van der Waals surface area contributed by atoms with Crippen molar-refractivity contribution in [3.05, 3.63) is 93.5 Å². The van der Waals surface area contributed by atoms with E-state index in [1.54, 1.807) is 25.3 Å². The maximum absolute atomic E-state index is 13.3. The molecule has 19 nitrogen and oxygen atoms in total. The van der Waals surface area contributed by atoms with E-state index in [0.717, 1.165) is 57.4 Å². The number of aromatic amines is 3. The van der Waals surface area contributed by atoms with E-state index >= 15 is 0 Å². The predicted octanol–water partition coefficient (Wildman–Crippen LogP) is 9.98. The molecule has 1 aliphatic carbocycles. The number of piperazine rings is 2. The maximum Gasteiger partial charge on any atom is 0.401 e. The topological polar surface area (TPSA) is 194 Å². The number of nitrogens with one attached hydrogen (secondary N) is 5. The molecule has 2 aliphatic heterocycles. The molecule has 3 fully saturated rings. The van der Waals surface area contributed by atoms with Gasteiger partial charge in [-0.15, -0.1) is 0 Å². The summed E-state index contributed by atoms with van der Waals surface area (Å²) < 4.78 is 60.2. The van der Waals surface area contributed by atoms with Gasteiger partial charge in [0.2, 0.25) is 0 Å². The third kappa shape index (κ3) is 10.8. The lowest BCUT2D eigenvalue weighted by Gasteiger charge is -2.42. The lowest BCUT2D eigenvalue weighted by molar-refractivity contribution is -0.146. The zero-order valence-corrected chi connectivity index (χ0v) is 42.0. The van der Waals surface area contributed by atoms with Crippen LogP contribution in [-0.2, 0) is 4.74 Å². The Kier molecular flexibility index (Phi) is 13.2. The van der Waals surface area contributed by atoms with Gasteiger partial charge in [-0.1, -0.05) is 23.2 Å². The number of aryl methyl sites for hydroxylation is 3. The molecule has 0 amide bonds. The van der Waals surface area contributed by atoms with E-state index in [1.165, 1.54) is 4.90 Å². The van der Waals surface area contributed by atoms with Gasteiger partial charge >= 0.3 is 18.2 Å². The lowest BCUT2D eigenvalue weighted by atomic mass is 10.2. The first-order chi connectivity index (χ1) is 35.2. The fourth-order valence-corrected chi connectivity index (χ4v) is 10.0. The van der Waals surface area contributed by atoms with Gasteiger partial charge in [-0.25, -0.2) is 4.68 Å². The Hall–Kier alpha value is -6.85. The van der Waals surface area contributed by atoms with Crippen LogP contribution in [0.5, 0.6) is 23.5 Å². The van der Waals surface area contributed by atoms with Crippen LogP contribution in [0.15, 0.2) is 60.7 Å². The molecule has 8 heterocycles. The molecule has 0 radical (unpaired) electrons. The molecule has 2 aromatic carbocycles. The van der Waals surface area contributed by atoms with Crippen LogP contribution < -0.4 is 29.9 Å². The molecule has 3 aliphatic rings. The van der Waals surface area contributed by atoms with Gasteiger partial charge in [-0.3, -0.25) is 14.9 Å². The molecular formula is C49H53Cl2F3N16O3. The zero-order chi connectivity index (χ0) is 50.5. The molecule has 1 atom stereocenters. The smallest absolute Gasteiger partial charge is 0.401 e. The molecule has 0 spiro atoms. The van der Waals surface area contributed by atoms with Gasteiger partial charge in [-0.2, -0.15) is 43.3 Å². The maximum atomic E-state index is 13.3. The quantitative estimate of drug-likeness (QED) is 0.0613. The number of rotatable bonds is 16. The minimum absolute atomic E-state index is 0.00358. The summed E-state index contributed by atoms with van der Waals surface area (Å²) in [5, 5.41) is 22.0. The van der Waals surface area contributed by atoms with Crippen molar-refractivity contribution >= 4 is 79.9 Å². The number of benzene rings is 2. The Bertz CT molecular complexity index is 3290. The van der Waals surface area contributed by atoms with Crippen molar-refractivity contribution in [1.29, 1.82) is 0 Å². The third-order valence-electron chi connectivity index (χ3n) is 13.3. The number of alkyl halides is 3. The van der Waals surface area contributed by atoms with Crippen LogP contribution >= 0.6 is 23.2 Å². The standard InChI is InChI=1S/C49H53Cl2F3N16O3/c1-27-19-31-33(55-27)7-9-36(45(31)50)72-47-60-39(23-42(61-47)67-13-11-66(12-14-67)26-49(52,53)54)58-41-21-29(3)70(65-41)44-25-69(16-15-68(44)17-18-71-4)43-24-38(57-40-22-35(63-64-40)30-5-6-30)59-48(62-43)73-37-10-8-34-32(46(37)51)20-28(2)56-34/h7-10,19-24,30,44,55-56H,5-6,11-18,25-26H2,1-4H3,(H,58,60,61,65)(H2,57,59,62,63,64). The lowest BCUT2D eigenvalue weighted by Crippen LogP contribution is -2.52. The Morgan fingerprint density at radius 3 is 1.88 bits per heavy atom. The van der Waals surface area contributed by atoms with Gasteiger partial charge in [0.15, 0.2) is 11.6 Å². The number of anilines is 6. The Morgan fingerprint density at radius 2 is 1.29 bits per heavy atom. The highest BCUT2D eigenvalue weighted by molar-refractivity contribution is 6.37. The average molecular weight is 1040 g/mol. The minimum atomic E-state index is -4.30. The summed E-state index contributed by atoms with van der Waals surface area (Å²) in [6, 6.07) is 18.9. The molecule has 8 aromatic rings. The highest BCUT2D eigenvalue weighted by Gasteiger charge is 2.34. The summed E-state index contributed by atoms with van der Waals surface area (Å²) in [4.78, 5) is 33.6. The van der Waals surface area contributed by atoms with Crippen LogP contribution in [0.2, 0.25) is 10.0 Å². The molecule has 6 aromatic heterocycles. The molecule has 73 heavy (non-hydrogen) atoms. The van der Waals surface area contributed by atoms with Gasteiger partial charge in [0.25, 0.3) is 0 Å². The number of fused-ring (bicyclic) bond motifs is 2. The predicted molar refractivity (Wildman–Crippen MR) is 274 cm³/mol. The summed E-state index contributed by atoms with van der Waals surface area (Å²) in [5.41, 5.74) is 5.59. The number of ether oxygens (including phenoxy) is 3. The van der Waals surface area contributed by atoms with Gasteiger partial charge < -0.3 is 44.6 Å². The first kappa shape index (κ1) is 48.4. The molecule has 5 N–H and O–H groups in total. The summed E-state index contributed by atoms with van der Waals surface area (Å²) in [6.07, 6.45) is -2.33. The van der Waals surface area contributed by atoms with Crippen molar-refractivity contribution in [3.63, 3.8) is 0 Å². The molecular weight excluding hydrogens is 989 g/mol. The monoisotopic (exact) mass is 1040 g/mol. The van der Waals surface area contributed by atoms with Crippen LogP contribution in [0, 0.1) is 20.8 Å². The first-order valence-electron chi connectivity index (χ1n) is 24.1. The molecule has 382 valence electrons. The second-order valence-electron chi connectivity index (χ2n) is 18.8. The highest BCUT2D eigenvalue weighted by Crippen LogP contribution is 2.41. The Balaban J connectivity index is 0.888. The van der Waals surface area contributed by atoms with E-state index in [4.69, 9.17) is 62.4 Å². The van der Waals surface area contributed by atoms with E-state index in [-0.39, 0.29) is 31.3 Å². The van der Waals surface area contributed by atoms with E-state index in [1.807, 2.05) is 72.8 Å². The zero-order valence-electron chi connectivity index (χ0n) is 40.4. The average Bonchev–Trinajstić information content (AvgIpc) is 3.57. The normalized spacial score (nSPS) is 17.0. The molecule has 24 heteroatoms. The minimum Gasteiger partial charge on any atom is -0.423 e. The van der Waals surface area contributed by atoms with Gasteiger partial charge in [-0.05, 0) is 70.0 Å². The van der Waals surface area contributed by atoms with Crippen LogP contribution in [0.1, 0.15) is 47.7 Å². The van der Waals surface area contributed by atoms with E-state index in [9.17, 15) is 13.2 Å². The number of aromatic nitrogens is 10. The van der Waals surface area contributed by atoms with Crippen LogP contribution in [0.25, 0.3) is 21.8 Å². The summed E-state index contributed by atoms with van der Waals surface area (Å²) >= 11 is 13.8. The van der Waals surface area contributed by atoms with Crippen LogP contribution in [0.3, 0.4) is 0 Å².